The normalized spacial score (nSPS) is 17.9. The van der Waals surface area contributed by atoms with Gasteiger partial charge in [-0.15, -0.1) is 0 Å². The molecule has 2 N–H and O–H groups in total. The molecule has 0 atom stereocenters. The van der Waals surface area contributed by atoms with Crippen LogP contribution >= 0.6 is 11.6 Å². The van der Waals surface area contributed by atoms with Crippen molar-refractivity contribution in [1.29, 1.82) is 5.26 Å². The van der Waals surface area contributed by atoms with E-state index in [0.29, 0.717) is 80.4 Å². The predicted molar refractivity (Wildman–Crippen MR) is 178 cm³/mol. The summed E-state index contributed by atoms with van der Waals surface area (Å²) in [7, 11) is 0. The molecule has 258 valence electrons. The van der Waals surface area contributed by atoms with Gasteiger partial charge >= 0.3 is 6.09 Å². The van der Waals surface area contributed by atoms with Crippen LogP contribution in [-0.4, -0.2) is 82.5 Å². The van der Waals surface area contributed by atoms with Gasteiger partial charge in [0.2, 0.25) is 0 Å². The summed E-state index contributed by atoms with van der Waals surface area (Å²) in [6.45, 7) is 16.8. The summed E-state index contributed by atoms with van der Waals surface area (Å²) in [5, 5.41) is 15.3. The number of nitriles is 1. The first-order chi connectivity index (χ1) is 22.1. The number of alkyl carbamates (subject to hydrolysis) is 1. The van der Waals surface area contributed by atoms with Crippen LogP contribution in [0.5, 0.6) is 11.5 Å². The lowest BCUT2D eigenvalue weighted by molar-refractivity contribution is -0.164. The lowest BCUT2D eigenvalue weighted by atomic mass is 9.49. The minimum atomic E-state index is -0.528. The highest BCUT2D eigenvalue weighted by Gasteiger charge is 2.64. The van der Waals surface area contributed by atoms with Crippen molar-refractivity contribution >= 4 is 23.6 Å². The molecule has 2 aromatic carbocycles. The first-order valence-corrected chi connectivity index (χ1v) is 16.1. The van der Waals surface area contributed by atoms with E-state index in [1.54, 1.807) is 42.5 Å². The summed E-state index contributed by atoms with van der Waals surface area (Å²) in [5.41, 5.74) is -0.318. The van der Waals surface area contributed by atoms with Crippen LogP contribution in [0.4, 0.5) is 4.79 Å². The zero-order valence-corrected chi connectivity index (χ0v) is 29.2. The van der Waals surface area contributed by atoms with Gasteiger partial charge in [0.25, 0.3) is 5.91 Å². The summed E-state index contributed by atoms with van der Waals surface area (Å²) >= 11 is 6.19. The van der Waals surface area contributed by atoms with Gasteiger partial charge in [-0.25, -0.2) is 4.79 Å². The number of ether oxygens (including phenoxy) is 6. The van der Waals surface area contributed by atoms with Crippen molar-refractivity contribution in [2.24, 2.45) is 10.8 Å². The summed E-state index contributed by atoms with van der Waals surface area (Å²) in [6.07, 6.45) is -0.652. The van der Waals surface area contributed by atoms with Crippen molar-refractivity contribution in [2.75, 3.05) is 52.8 Å². The quantitative estimate of drug-likeness (QED) is 0.200. The summed E-state index contributed by atoms with van der Waals surface area (Å²) in [5.74, 6) is 1.05. The second-order valence-corrected chi connectivity index (χ2v) is 13.8. The fourth-order valence-electron chi connectivity index (χ4n) is 5.81. The SMILES string of the molecule is CC(C)(C)OC(=O)NCCOCCOCCOCCOc1ccc(C(=O)NC2C(C)(C)C(Oc3ccc(C#N)c(Cl)c3)C2(C)C)cc1. The fourth-order valence-corrected chi connectivity index (χ4v) is 6.03. The Labute approximate surface area is 283 Å². The molecule has 1 aliphatic carbocycles. The molecule has 1 aliphatic rings. The second-order valence-electron chi connectivity index (χ2n) is 13.4. The average molecular weight is 674 g/mol. The number of hydrogen-bond acceptors (Lipinski definition) is 9. The number of halogens is 1. The Morgan fingerprint density at radius 2 is 1.40 bits per heavy atom. The zero-order chi connectivity index (χ0) is 34.7. The molecule has 0 unspecified atom stereocenters. The van der Waals surface area contributed by atoms with Gasteiger partial charge in [0, 0.05) is 35.0 Å². The maximum Gasteiger partial charge on any atom is 0.407 e. The van der Waals surface area contributed by atoms with Gasteiger partial charge in [-0.2, -0.15) is 5.26 Å². The van der Waals surface area contributed by atoms with Crippen molar-refractivity contribution in [3.05, 3.63) is 58.6 Å². The largest absolute Gasteiger partial charge is 0.491 e. The van der Waals surface area contributed by atoms with Crippen LogP contribution in [0.1, 0.15) is 64.4 Å². The van der Waals surface area contributed by atoms with Crippen molar-refractivity contribution in [2.45, 2.75) is 66.2 Å². The molecule has 0 aliphatic heterocycles. The molecule has 2 aromatic rings. The van der Waals surface area contributed by atoms with E-state index in [4.69, 9.17) is 45.3 Å². The third-order valence-corrected chi connectivity index (χ3v) is 8.01. The fraction of sp³-hybridized carbons (Fsp3) is 0.571. The zero-order valence-electron chi connectivity index (χ0n) is 28.4. The van der Waals surface area contributed by atoms with Crippen LogP contribution in [-0.2, 0) is 18.9 Å². The van der Waals surface area contributed by atoms with Gasteiger partial charge in [-0.1, -0.05) is 39.3 Å². The summed E-state index contributed by atoms with van der Waals surface area (Å²) in [4.78, 5) is 24.7. The summed E-state index contributed by atoms with van der Waals surface area (Å²) < 4.78 is 33.6. The molecule has 2 amide bonds. The number of amides is 2. The Morgan fingerprint density at radius 1 is 0.851 bits per heavy atom. The smallest absolute Gasteiger partial charge is 0.407 e. The van der Waals surface area contributed by atoms with Crippen molar-refractivity contribution < 1.29 is 38.0 Å². The number of hydrogen-bond donors (Lipinski definition) is 2. The lowest BCUT2D eigenvalue weighted by Gasteiger charge is -2.63. The van der Waals surface area contributed by atoms with Gasteiger partial charge < -0.3 is 39.1 Å². The Bertz CT molecular complexity index is 1350. The van der Waals surface area contributed by atoms with E-state index in [-0.39, 0.29) is 28.9 Å². The molecule has 0 bridgehead atoms. The molecule has 1 fully saturated rings. The second kappa shape index (κ2) is 17.0. The van der Waals surface area contributed by atoms with E-state index < -0.39 is 11.7 Å². The molecule has 0 radical (unpaired) electrons. The first-order valence-electron chi connectivity index (χ1n) is 15.8. The standard InChI is InChI=1S/C35H48ClN3O8/c1-33(2,3)47-32(41)38-14-15-42-16-17-43-18-19-44-20-21-45-26-11-8-24(9-12-26)29(40)39-30-34(4,5)31(35(30,6)7)46-27-13-10-25(23-37)28(36)22-27/h8-13,22,30-31H,14-21H2,1-7H3,(H,38,41)(H,39,40). The van der Waals surface area contributed by atoms with Crippen LogP contribution in [0.15, 0.2) is 42.5 Å². The molecule has 0 saturated heterocycles. The monoisotopic (exact) mass is 673 g/mol. The molecular formula is C35H48ClN3O8. The number of benzene rings is 2. The first kappa shape index (κ1) is 37.9. The van der Waals surface area contributed by atoms with E-state index in [1.165, 1.54) is 0 Å². The third-order valence-electron chi connectivity index (χ3n) is 7.70. The Hall–Kier alpha value is -3.56. The van der Waals surface area contributed by atoms with E-state index in [0.717, 1.165) is 0 Å². The maximum absolute atomic E-state index is 13.2. The van der Waals surface area contributed by atoms with Gasteiger partial charge in [0.1, 0.15) is 35.9 Å². The summed E-state index contributed by atoms with van der Waals surface area (Å²) in [6, 6.07) is 13.9. The minimum absolute atomic E-state index is 0.140. The Kier molecular flexibility index (Phi) is 13.7. The molecular weight excluding hydrogens is 626 g/mol. The molecule has 12 heteroatoms. The number of nitrogens with zero attached hydrogens (tertiary/aromatic N) is 1. The van der Waals surface area contributed by atoms with Crippen LogP contribution in [0.3, 0.4) is 0 Å². The van der Waals surface area contributed by atoms with E-state index in [9.17, 15) is 9.59 Å². The molecule has 0 aromatic heterocycles. The number of rotatable bonds is 17. The number of carbonyl (C=O) groups excluding carboxylic acids is 2. The topological polar surface area (TPSA) is 137 Å². The molecule has 3 rings (SSSR count). The van der Waals surface area contributed by atoms with Crippen molar-refractivity contribution in [1.82, 2.24) is 10.6 Å². The Morgan fingerprint density at radius 3 is 1.96 bits per heavy atom. The average Bonchev–Trinajstić information content (AvgIpc) is 3.00. The van der Waals surface area contributed by atoms with Crippen molar-refractivity contribution in [3.63, 3.8) is 0 Å². The highest BCUT2D eigenvalue weighted by Crippen LogP contribution is 2.55. The highest BCUT2D eigenvalue weighted by atomic mass is 35.5. The molecule has 47 heavy (non-hydrogen) atoms. The molecule has 0 spiro atoms. The third kappa shape index (κ3) is 11.3. The van der Waals surface area contributed by atoms with Gasteiger partial charge in [0.05, 0.1) is 50.2 Å². The van der Waals surface area contributed by atoms with Crippen LogP contribution in [0.25, 0.3) is 0 Å². The number of carbonyl (C=O) groups is 2. The minimum Gasteiger partial charge on any atom is -0.491 e. The number of nitrogens with one attached hydrogen (secondary N) is 2. The van der Waals surface area contributed by atoms with E-state index >= 15 is 0 Å². The highest BCUT2D eigenvalue weighted by molar-refractivity contribution is 6.31. The maximum atomic E-state index is 13.2. The van der Waals surface area contributed by atoms with E-state index in [1.807, 2.05) is 20.8 Å². The molecule has 1 saturated carbocycles. The van der Waals surface area contributed by atoms with Gasteiger partial charge in [0.15, 0.2) is 0 Å². The Balaban J connectivity index is 1.28. The predicted octanol–water partition coefficient (Wildman–Crippen LogP) is 5.78. The van der Waals surface area contributed by atoms with Gasteiger partial charge in [-0.3, -0.25) is 4.79 Å². The van der Waals surface area contributed by atoms with Crippen LogP contribution in [0.2, 0.25) is 5.02 Å². The van der Waals surface area contributed by atoms with Gasteiger partial charge in [-0.05, 0) is 57.2 Å². The lowest BCUT2D eigenvalue weighted by Crippen LogP contribution is -2.74. The van der Waals surface area contributed by atoms with Crippen molar-refractivity contribution in [3.8, 4) is 17.6 Å². The van der Waals surface area contributed by atoms with Crippen LogP contribution in [0, 0.1) is 22.2 Å². The van der Waals surface area contributed by atoms with E-state index in [2.05, 4.69) is 44.4 Å². The van der Waals surface area contributed by atoms with Crippen LogP contribution < -0.4 is 20.1 Å². The molecule has 11 nitrogen and oxygen atoms in total. The molecule has 0 heterocycles.